The molecule has 4 rings (SSSR count). The van der Waals surface area contributed by atoms with E-state index in [2.05, 4.69) is 10.5 Å². The first-order valence-corrected chi connectivity index (χ1v) is 9.54. The van der Waals surface area contributed by atoms with Crippen LogP contribution in [-0.2, 0) is 4.79 Å². The van der Waals surface area contributed by atoms with Crippen LogP contribution in [-0.4, -0.2) is 18.1 Å². The van der Waals surface area contributed by atoms with E-state index in [0.29, 0.717) is 11.3 Å². The summed E-state index contributed by atoms with van der Waals surface area (Å²) in [7, 11) is 0. The molecule has 6 heteroatoms. The Morgan fingerprint density at radius 2 is 1.61 bits per heavy atom. The van der Waals surface area contributed by atoms with Gasteiger partial charge >= 0.3 is 11.9 Å². The zero-order chi connectivity index (χ0) is 21.5. The smallest absolute Gasteiger partial charge is 0.336 e. The molecule has 0 aliphatic carbocycles. The topological polar surface area (TPSA) is 80.9 Å². The van der Waals surface area contributed by atoms with E-state index in [0.717, 1.165) is 16.5 Å². The maximum Gasteiger partial charge on any atom is 0.336 e. The highest BCUT2D eigenvalue weighted by Crippen LogP contribution is 2.18. The van der Waals surface area contributed by atoms with Crippen LogP contribution in [0.5, 0.6) is 5.75 Å². The Hall–Kier alpha value is -4.45. The van der Waals surface area contributed by atoms with Crippen LogP contribution in [0.4, 0.5) is 0 Å². The van der Waals surface area contributed by atoms with Gasteiger partial charge in [-0.25, -0.2) is 10.2 Å². The molecule has 0 spiro atoms. The molecule has 0 bridgehead atoms. The maximum absolute atomic E-state index is 12.2. The number of carbonyl (C=O) groups is 2. The molecule has 1 N–H and O–H groups in total. The second-order valence-electron chi connectivity index (χ2n) is 6.58. The minimum absolute atomic E-state index is 0.184. The van der Waals surface area contributed by atoms with E-state index >= 15 is 0 Å². The molecular formula is C25H18N2O4. The maximum atomic E-state index is 12.2. The summed E-state index contributed by atoms with van der Waals surface area (Å²) in [6, 6.07) is 25.3. The predicted molar refractivity (Wildman–Crippen MR) is 119 cm³/mol. The van der Waals surface area contributed by atoms with Crippen LogP contribution in [0.25, 0.3) is 17.0 Å². The Morgan fingerprint density at radius 1 is 0.871 bits per heavy atom. The summed E-state index contributed by atoms with van der Waals surface area (Å²) in [5.74, 6) is -0.318. The highest BCUT2D eigenvalue weighted by atomic mass is 16.5. The van der Waals surface area contributed by atoms with E-state index in [9.17, 15) is 9.59 Å². The fourth-order valence-corrected chi connectivity index (χ4v) is 2.81. The van der Waals surface area contributed by atoms with Gasteiger partial charge in [-0.3, -0.25) is 4.79 Å². The molecule has 0 atom stereocenters. The number of nitrogens with one attached hydrogen (secondary N) is 1. The van der Waals surface area contributed by atoms with Crippen molar-refractivity contribution in [2.75, 3.05) is 0 Å². The number of para-hydroxylation sites is 1. The molecule has 0 saturated carbocycles. The number of benzene rings is 3. The number of ether oxygens (including phenoxy) is 1. The highest BCUT2D eigenvalue weighted by Gasteiger charge is 2.10. The largest absolute Gasteiger partial charge is 0.451 e. The van der Waals surface area contributed by atoms with E-state index in [1.807, 2.05) is 48.5 Å². The summed E-state index contributed by atoms with van der Waals surface area (Å²) in [5.41, 5.74) is 4.71. The zero-order valence-corrected chi connectivity index (χ0v) is 16.4. The molecule has 1 heterocycles. The van der Waals surface area contributed by atoms with Crippen LogP contribution in [0.15, 0.2) is 101 Å². The summed E-state index contributed by atoms with van der Waals surface area (Å²) in [4.78, 5) is 24.1. The van der Waals surface area contributed by atoms with Crippen LogP contribution in [0, 0.1) is 0 Å². The minimum atomic E-state index is -0.469. The summed E-state index contributed by atoms with van der Waals surface area (Å²) in [6.45, 7) is 0. The van der Waals surface area contributed by atoms with Gasteiger partial charge in [0.25, 0.3) is 0 Å². The van der Waals surface area contributed by atoms with E-state index in [1.54, 1.807) is 42.5 Å². The Bertz CT molecular complexity index is 1220. The average Bonchev–Trinajstić information content (AvgIpc) is 3.24. The molecule has 1 amide bonds. The van der Waals surface area contributed by atoms with Gasteiger partial charge in [-0.1, -0.05) is 48.5 Å². The number of hydrogen-bond donors (Lipinski definition) is 1. The summed E-state index contributed by atoms with van der Waals surface area (Å²) in [6.07, 6.45) is 4.55. The molecule has 1 aromatic heterocycles. The third-order valence-electron chi connectivity index (χ3n) is 4.34. The number of furan rings is 1. The molecule has 152 valence electrons. The fourth-order valence-electron chi connectivity index (χ4n) is 2.81. The van der Waals surface area contributed by atoms with Gasteiger partial charge in [-0.05, 0) is 53.6 Å². The van der Waals surface area contributed by atoms with Crippen LogP contribution >= 0.6 is 0 Å². The van der Waals surface area contributed by atoms with Gasteiger partial charge in [0.05, 0.1) is 6.21 Å². The van der Waals surface area contributed by atoms with Gasteiger partial charge in [0.15, 0.2) is 5.76 Å². The molecule has 3 aromatic carbocycles. The van der Waals surface area contributed by atoms with E-state index in [1.165, 1.54) is 12.3 Å². The van der Waals surface area contributed by atoms with Gasteiger partial charge in [0.2, 0.25) is 0 Å². The van der Waals surface area contributed by atoms with Gasteiger partial charge in [0.1, 0.15) is 11.3 Å². The van der Waals surface area contributed by atoms with Gasteiger partial charge in [-0.15, -0.1) is 0 Å². The van der Waals surface area contributed by atoms with Crippen molar-refractivity contribution in [3.63, 3.8) is 0 Å². The molecule has 0 fully saturated rings. The van der Waals surface area contributed by atoms with Crippen molar-refractivity contribution >= 4 is 35.1 Å². The number of carbonyl (C=O) groups excluding carboxylic acids is 2. The third kappa shape index (κ3) is 5.33. The summed E-state index contributed by atoms with van der Waals surface area (Å²) in [5, 5.41) is 4.79. The normalized spacial score (nSPS) is 11.2. The van der Waals surface area contributed by atoms with Crippen molar-refractivity contribution in [3.05, 3.63) is 108 Å². The first-order chi connectivity index (χ1) is 15.2. The fraction of sp³-hybridized carbons (Fsp3) is 0. The van der Waals surface area contributed by atoms with Crippen molar-refractivity contribution in [3.8, 4) is 5.75 Å². The monoisotopic (exact) mass is 410 g/mol. The molecule has 0 aliphatic rings. The molecule has 0 aliphatic heterocycles. The standard InChI is InChI=1S/C25H18N2O4/c28-24(15-12-18-6-2-1-3-7-18)30-21-13-10-19(11-14-21)17-26-27-25(29)23-16-20-8-4-5-9-22(20)31-23/h1-17H,(H,27,29). The number of esters is 1. The zero-order valence-electron chi connectivity index (χ0n) is 16.4. The lowest BCUT2D eigenvalue weighted by atomic mass is 10.2. The van der Waals surface area contributed by atoms with Crippen molar-refractivity contribution in [1.82, 2.24) is 5.43 Å². The SMILES string of the molecule is O=C(C=Cc1ccccc1)Oc1ccc(C=NNC(=O)c2cc3ccccc3o2)cc1. The molecular weight excluding hydrogens is 392 g/mol. The number of hydrogen-bond acceptors (Lipinski definition) is 5. The molecule has 6 nitrogen and oxygen atoms in total. The molecule has 0 radical (unpaired) electrons. The summed E-state index contributed by atoms with van der Waals surface area (Å²) < 4.78 is 10.8. The second kappa shape index (κ2) is 9.37. The van der Waals surface area contributed by atoms with Crippen LogP contribution < -0.4 is 10.2 Å². The molecule has 0 saturated heterocycles. The lowest BCUT2D eigenvalue weighted by Gasteiger charge is -2.01. The van der Waals surface area contributed by atoms with Crippen LogP contribution in [0.2, 0.25) is 0 Å². The van der Waals surface area contributed by atoms with Crippen LogP contribution in [0.3, 0.4) is 0 Å². The number of amides is 1. The van der Waals surface area contributed by atoms with E-state index in [4.69, 9.17) is 9.15 Å². The lowest BCUT2D eigenvalue weighted by molar-refractivity contribution is -0.128. The van der Waals surface area contributed by atoms with E-state index < -0.39 is 11.9 Å². The van der Waals surface area contributed by atoms with Crippen molar-refractivity contribution < 1.29 is 18.7 Å². The number of nitrogens with zero attached hydrogens (tertiary/aromatic N) is 1. The Kier molecular flexibility index (Phi) is 6.00. The number of hydrazone groups is 1. The molecule has 31 heavy (non-hydrogen) atoms. The minimum Gasteiger partial charge on any atom is -0.451 e. The van der Waals surface area contributed by atoms with Crippen molar-refractivity contribution in [2.24, 2.45) is 5.10 Å². The van der Waals surface area contributed by atoms with Crippen LogP contribution in [0.1, 0.15) is 21.7 Å². The van der Waals surface area contributed by atoms with Gasteiger partial charge < -0.3 is 9.15 Å². The lowest BCUT2D eigenvalue weighted by Crippen LogP contribution is -2.16. The molecule has 4 aromatic rings. The predicted octanol–water partition coefficient (Wildman–Crippen LogP) is 4.82. The second-order valence-corrected chi connectivity index (χ2v) is 6.58. The van der Waals surface area contributed by atoms with Gasteiger partial charge in [-0.2, -0.15) is 5.10 Å². The Labute approximate surface area is 178 Å². The van der Waals surface area contributed by atoms with Gasteiger partial charge in [0, 0.05) is 11.5 Å². The van der Waals surface area contributed by atoms with E-state index in [-0.39, 0.29) is 5.76 Å². The van der Waals surface area contributed by atoms with Crippen molar-refractivity contribution in [2.45, 2.75) is 0 Å². The first kappa shape index (κ1) is 19.8. The first-order valence-electron chi connectivity index (χ1n) is 9.54. The number of fused-ring (bicyclic) bond motifs is 1. The molecule has 0 unspecified atom stereocenters. The summed E-state index contributed by atoms with van der Waals surface area (Å²) >= 11 is 0. The quantitative estimate of drug-likeness (QED) is 0.163. The Balaban J connectivity index is 1.30. The average molecular weight is 410 g/mol. The number of rotatable bonds is 6. The van der Waals surface area contributed by atoms with Crippen molar-refractivity contribution in [1.29, 1.82) is 0 Å². The Morgan fingerprint density at radius 3 is 2.39 bits per heavy atom. The highest BCUT2D eigenvalue weighted by molar-refractivity contribution is 5.96. The third-order valence-corrected chi connectivity index (χ3v) is 4.34.